The lowest BCUT2D eigenvalue weighted by molar-refractivity contribution is -0.143. The molecule has 0 saturated carbocycles. The number of carboxylic acid groups (broad SMARTS) is 1. The molecule has 1 aromatic carbocycles. The molecule has 2 N–H and O–H groups in total. The summed E-state index contributed by atoms with van der Waals surface area (Å²) in [5, 5.41) is 13.1. The van der Waals surface area contributed by atoms with E-state index in [0.717, 1.165) is 16.8 Å². The molecule has 2 heterocycles. The van der Waals surface area contributed by atoms with E-state index >= 15 is 0 Å². The smallest absolute Gasteiger partial charge is 0.330 e. The lowest BCUT2D eigenvalue weighted by atomic mass is 9.98. The topological polar surface area (TPSA) is 79.3 Å². The van der Waals surface area contributed by atoms with Gasteiger partial charge < -0.3 is 10.4 Å². The molecule has 0 bridgehead atoms. The molecule has 6 heteroatoms. The highest BCUT2D eigenvalue weighted by atomic mass is 32.2. The van der Waals surface area contributed by atoms with Gasteiger partial charge in [0.15, 0.2) is 0 Å². The van der Waals surface area contributed by atoms with Gasteiger partial charge in [-0.3, -0.25) is 9.78 Å². The van der Waals surface area contributed by atoms with Crippen LogP contribution in [0.2, 0.25) is 0 Å². The minimum absolute atomic E-state index is 0.381. The molecule has 0 aliphatic carbocycles. The molecule has 1 atom stereocenters. The SMILES string of the molecule is Cc1ccc2cccc(C(=O)NC3(C(=O)O)CCSC3)c2n1. The van der Waals surface area contributed by atoms with E-state index in [9.17, 15) is 14.7 Å². The van der Waals surface area contributed by atoms with Gasteiger partial charge in [-0.1, -0.05) is 18.2 Å². The molecule has 1 saturated heterocycles. The number of aromatic nitrogens is 1. The molecule has 1 aliphatic heterocycles. The van der Waals surface area contributed by atoms with Gasteiger partial charge in [0.2, 0.25) is 0 Å². The summed E-state index contributed by atoms with van der Waals surface area (Å²) in [5.74, 6) is -0.228. The Bertz CT molecular complexity index is 754. The molecule has 1 aliphatic rings. The fourth-order valence-electron chi connectivity index (χ4n) is 2.60. The van der Waals surface area contributed by atoms with Crippen molar-refractivity contribution in [2.24, 2.45) is 0 Å². The zero-order chi connectivity index (χ0) is 15.7. The zero-order valence-corrected chi connectivity index (χ0v) is 12.9. The van der Waals surface area contributed by atoms with Gasteiger partial charge in [0.25, 0.3) is 5.91 Å². The van der Waals surface area contributed by atoms with Crippen LogP contribution in [0.25, 0.3) is 10.9 Å². The number of nitrogens with zero attached hydrogens (tertiary/aromatic N) is 1. The first-order valence-electron chi connectivity index (χ1n) is 7.02. The van der Waals surface area contributed by atoms with Gasteiger partial charge in [-0.25, -0.2) is 4.79 Å². The van der Waals surface area contributed by atoms with Crippen LogP contribution >= 0.6 is 11.8 Å². The van der Waals surface area contributed by atoms with E-state index < -0.39 is 11.5 Å². The molecule has 5 nitrogen and oxygen atoms in total. The molecular weight excluding hydrogens is 300 g/mol. The average molecular weight is 316 g/mol. The fourth-order valence-corrected chi connectivity index (χ4v) is 3.92. The first kappa shape index (κ1) is 14.8. The predicted molar refractivity (Wildman–Crippen MR) is 86.3 cm³/mol. The lowest BCUT2D eigenvalue weighted by Gasteiger charge is -2.24. The van der Waals surface area contributed by atoms with Gasteiger partial charge in [0.1, 0.15) is 5.54 Å². The molecule has 114 valence electrons. The van der Waals surface area contributed by atoms with Crippen molar-refractivity contribution in [1.29, 1.82) is 0 Å². The average Bonchev–Trinajstić information content (AvgIpc) is 2.96. The third-order valence-electron chi connectivity index (χ3n) is 3.89. The van der Waals surface area contributed by atoms with E-state index in [4.69, 9.17) is 0 Å². The van der Waals surface area contributed by atoms with Crippen molar-refractivity contribution in [3.05, 3.63) is 41.6 Å². The fraction of sp³-hybridized carbons (Fsp3) is 0.312. The van der Waals surface area contributed by atoms with Crippen LogP contribution in [0.5, 0.6) is 0 Å². The first-order valence-corrected chi connectivity index (χ1v) is 8.17. The van der Waals surface area contributed by atoms with Crippen LogP contribution in [0, 0.1) is 6.92 Å². The highest BCUT2D eigenvalue weighted by molar-refractivity contribution is 7.99. The first-order chi connectivity index (χ1) is 10.5. The number of aliphatic carboxylic acids is 1. The highest BCUT2D eigenvalue weighted by Crippen LogP contribution is 2.29. The summed E-state index contributed by atoms with van der Waals surface area (Å²) in [7, 11) is 0. The number of carbonyl (C=O) groups is 2. The number of benzene rings is 1. The number of carbonyl (C=O) groups excluding carboxylic acids is 1. The maximum atomic E-state index is 12.6. The lowest BCUT2D eigenvalue weighted by Crippen LogP contribution is -2.54. The Labute approximate surface area is 132 Å². The number of rotatable bonds is 3. The Morgan fingerprint density at radius 2 is 2.14 bits per heavy atom. The van der Waals surface area contributed by atoms with E-state index in [1.165, 1.54) is 0 Å². The molecule has 1 unspecified atom stereocenters. The Morgan fingerprint density at radius 1 is 1.32 bits per heavy atom. The van der Waals surface area contributed by atoms with Crippen LogP contribution in [-0.4, -0.2) is 39.0 Å². The third kappa shape index (κ3) is 2.54. The molecule has 2 aromatic rings. The second kappa shape index (κ2) is 5.61. The van der Waals surface area contributed by atoms with Crippen LogP contribution in [-0.2, 0) is 4.79 Å². The number of pyridine rings is 1. The standard InChI is InChI=1S/C16H16N2O3S/c1-10-5-6-11-3-2-4-12(13(11)17-10)14(19)18-16(15(20)21)7-8-22-9-16/h2-6H,7-9H2,1H3,(H,18,19)(H,20,21). The molecule has 0 spiro atoms. The van der Waals surface area contributed by atoms with Crippen molar-refractivity contribution in [1.82, 2.24) is 10.3 Å². The van der Waals surface area contributed by atoms with Crippen molar-refractivity contribution in [3.63, 3.8) is 0 Å². The number of para-hydroxylation sites is 1. The summed E-state index contributed by atoms with van der Waals surface area (Å²) in [4.78, 5) is 28.6. The monoisotopic (exact) mass is 316 g/mol. The normalized spacial score (nSPS) is 21.0. The molecule has 3 rings (SSSR count). The van der Waals surface area contributed by atoms with Crippen LogP contribution in [0.3, 0.4) is 0 Å². The van der Waals surface area contributed by atoms with Gasteiger partial charge in [-0.2, -0.15) is 11.8 Å². The number of thioether (sulfide) groups is 1. The van der Waals surface area contributed by atoms with Crippen LogP contribution in [0.15, 0.2) is 30.3 Å². The number of amides is 1. The second-order valence-electron chi connectivity index (χ2n) is 5.47. The van der Waals surface area contributed by atoms with Gasteiger partial charge in [-0.15, -0.1) is 0 Å². The summed E-state index contributed by atoms with van der Waals surface area (Å²) in [6, 6.07) is 9.15. The Kier molecular flexibility index (Phi) is 3.78. The van der Waals surface area contributed by atoms with Gasteiger partial charge in [0, 0.05) is 16.8 Å². The molecule has 1 aromatic heterocycles. The maximum absolute atomic E-state index is 12.6. The molecule has 1 amide bonds. The summed E-state index contributed by atoms with van der Waals surface area (Å²) in [6.07, 6.45) is 0.440. The molecule has 22 heavy (non-hydrogen) atoms. The highest BCUT2D eigenvalue weighted by Gasteiger charge is 2.43. The Morgan fingerprint density at radius 3 is 2.82 bits per heavy atom. The van der Waals surface area contributed by atoms with Crippen LogP contribution in [0.1, 0.15) is 22.5 Å². The van der Waals surface area contributed by atoms with Crippen molar-refractivity contribution >= 4 is 34.5 Å². The van der Waals surface area contributed by atoms with E-state index in [1.807, 2.05) is 25.1 Å². The quantitative estimate of drug-likeness (QED) is 0.908. The van der Waals surface area contributed by atoms with Crippen molar-refractivity contribution < 1.29 is 14.7 Å². The third-order valence-corrected chi connectivity index (χ3v) is 5.08. The summed E-state index contributed by atoms with van der Waals surface area (Å²) in [5.41, 5.74) is 0.662. The summed E-state index contributed by atoms with van der Waals surface area (Å²) >= 11 is 1.54. The number of hydrogen-bond donors (Lipinski definition) is 2. The minimum Gasteiger partial charge on any atom is -0.479 e. The molecular formula is C16H16N2O3S. The number of fused-ring (bicyclic) bond motifs is 1. The van der Waals surface area contributed by atoms with Crippen molar-refractivity contribution in [2.45, 2.75) is 18.9 Å². The second-order valence-corrected chi connectivity index (χ2v) is 6.58. The summed E-state index contributed by atoms with van der Waals surface area (Å²) < 4.78 is 0. The largest absolute Gasteiger partial charge is 0.479 e. The predicted octanol–water partition coefficient (Wildman–Crippen LogP) is 2.23. The number of aryl methyl sites for hydroxylation is 1. The molecule has 0 radical (unpaired) electrons. The Balaban J connectivity index is 1.99. The van der Waals surface area contributed by atoms with E-state index in [1.54, 1.807) is 23.9 Å². The minimum atomic E-state index is -1.17. The van der Waals surface area contributed by atoms with Gasteiger partial charge in [0.05, 0.1) is 11.1 Å². The molecule has 1 fully saturated rings. The van der Waals surface area contributed by atoms with Crippen LogP contribution in [0.4, 0.5) is 0 Å². The maximum Gasteiger partial charge on any atom is 0.330 e. The van der Waals surface area contributed by atoms with Crippen molar-refractivity contribution in [2.75, 3.05) is 11.5 Å². The summed E-state index contributed by atoms with van der Waals surface area (Å²) in [6.45, 7) is 1.86. The Hall–Kier alpha value is -2.08. The number of carboxylic acids is 1. The zero-order valence-electron chi connectivity index (χ0n) is 12.1. The van der Waals surface area contributed by atoms with E-state index in [0.29, 0.717) is 23.3 Å². The van der Waals surface area contributed by atoms with Crippen LogP contribution < -0.4 is 5.32 Å². The van der Waals surface area contributed by atoms with Crippen molar-refractivity contribution in [3.8, 4) is 0 Å². The number of hydrogen-bond acceptors (Lipinski definition) is 4. The van der Waals surface area contributed by atoms with E-state index in [-0.39, 0.29) is 5.91 Å². The van der Waals surface area contributed by atoms with Gasteiger partial charge in [-0.05, 0) is 31.2 Å². The van der Waals surface area contributed by atoms with Gasteiger partial charge >= 0.3 is 5.97 Å². The van der Waals surface area contributed by atoms with E-state index in [2.05, 4.69) is 10.3 Å². The number of nitrogens with one attached hydrogen (secondary N) is 1.